The summed E-state index contributed by atoms with van der Waals surface area (Å²) in [6, 6.07) is 8.36. The number of rotatable bonds is 6. The van der Waals surface area contributed by atoms with E-state index in [4.69, 9.17) is 0 Å². The number of tetrazole rings is 1. The Morgan fingerprint density at radius 1 is 1.30 bits per heavy atom. The highest BCUT2D eigenvalue weighted by atomic mass is 32.1. The molecule has 0 saturated carbocycles. The summed E-state index contributed by atoms with van der Waals surface area (Å²) < 4.78 is 1.36. The third-order valence-corrected chi connectivity index (χ3v) is 3.99. The molecule has 0 bridgehead atoms. The van der Waals surface area contributed by atoms with Crippen LogP contribution in [0.15, 0.2) is 36.0 Å². The molecule has 3 aromatic rings. The average molecular weight is 328 g/mol. The van der Waals surface area contributed by atoms with Gasteiger partial charge in [-0.05, 0) is 22.4 Å². The van der Waals surface area contributed by atoms with Gasteiger partial charge < -0.3 is 5.32 Å². The Hall–Kier alpha value is -2.61. The summed E-state index contributed by atoms with van der Waals surface area (Å²) >= 11 is 1.40. The predicted octanol–water partition coefficient (Wildman–Crippen LogP) is 2.39. The van der Waals surface area contributed by atoms with Crippen molar-refractivity contribution in [1.82, 2.24) is 25.2 Å². The summed E-state index contributed by atoms with van der Waals surface area (Å²) in [5.74, 6) is -0.212. The molecule has 0 radical (unpaired) electrons. The fraction of sp³-hybridized carbons (Fsp3) is 0.267. The molecule has 23 heavy (non-hydrogen) atoms. The van der Waals surface area contributed by atoms with Crippen molar-refractivity contribution in [1.29, 1.82) is 0 Å². The van der Waals surface area contributed by atoms with Gasteiger partial charge in [-0.2, -0.15) is 0 Å². The molecule has 0 unspecified atom stereocenters. The zero-order chi connectivity index (χ0) is 16.1. The van der Waals surface area contributed by atoms with Crippen LogP contribution in [0, 0.1) is 0 Å². The molecule has 1 amide bonds. The molecule has 1 N–H and O–H groups in total. The molecule has 0 aliphatic rings. The van der Waals surface area contributed by atoms with Crippen molar-refractivity contribution in [3.63, 3.8) is 0 Å². The number of nitrogens with zero attached hydrogens (tertiary/aromatic N) is 5. The minimum atomic E-state index is -0.212. The van der Waals surface area contributed by atoms with Crippen LogP contribution in [0.4, 0.5) is 5.13 Å². The summed E-state index contributed by atoms with van der Waals surface area (Å²) in [4.78, 5) is 16.3. The van der Waals surface area contributed by atoms with Gasteiger partial charge in [0.15, 0.2) is 5.13 Å². The average Bonchev–Trinajstić information content (AvgIpc) is 3.20. The molecule has 8 heteroatoms. The van der Waals surface area contributed by atoms with E-state index in [0.29, 0.717) is 5.13 Å². The van der Waals surface area contributed by atoms with E-state index in [1.54, 1.807) is 0 Å². The molecule has 0 saturated heterocycles. The van der Waals surface area contributed by atoms with Crippen molar-refractivity contribution < 1.29 is 4.79 Å². The minimum Gasteiger partial charge on any atom is -0.300 e. The number of aromatic nitrogens is 5. The van der Waals surface area contributed by atoms with Crippen LogP contribution in [0.1, 0.15) is 18.9 Å². The summed E-state index contributed by atoms with van der Waals surface area (Å²) in [6.45, 7) is 2.23. The molecule has 0 spiro atoms. The van der Waals surface area contributed by atoms with Gasteiger partial charge in [-0.25, -0.2) is 9.67 Å². The van der Waals surface area contributed by atoms with E-state index in [2.05, 4.69) is 57.0 Å². The standard InChI is InChI=1S/C15H16N6OS/c1-2-3-11-4-6-12(7-5-11)13-9-23-15(17-13)18-14(22)8-21-10-16-19-20-21/h4-7,9-10H,2-3,8H2,1H3,(H,17,18,22). The fourth-order valence-corrected chi connectivity index (χ4v) is 2.89. The molecule has 0 aliphatic heterocycles. The summed E-state index contributed by atoms with van der Waals surface area (Å²) in [7, 11) is 0. The van der Waals surface area contributed by atoms with Crippen LogP contribution in [0.3, 0.4) is 0 Å². The van der Waals surface area contributed by atoms with Crippen molar-refractivity contribution in [3.05, 3.63) is 41.5 Å². The maximum absolute atomic E-state index is 11.9. The number of benzene rings is 1. The molecule has 0 aliphatic carbocycles. The van der Waals surface area contributed by atoms with E-state index in [-0.39, 0.29) is 12.5 Å². The number of aryl methyl sites for hydroxylation is 1. The second-order valence-electron chi connectivity index (χ2n) is 5.04. The summed E-state index contributed by atoms with van der Waals surface area (Å²) in [5, 5.41) is 15.9. The van der Waals surface area contributed by atoms with Gasteiger partial charge in [-0.1, -0.05) is 37.6 Å². The second-order valence-corrected chi connectivity index (χ2v) is 5.90. The summed E-state index contributed by atoms with van der Waals surface area (Å²) in [6.07, 6.45) is 3.61. The minimum absolute atomic E-state index is 0.0631. The molecule has 7 nitrogen and oxygen atoms in total. The van der Waals surface area contributed by atoms with Gasteiger partial charge in [0.2, 0.25) is 5.91 Å². The zero-order valence-corrected chi connectivity index (χ0v) is 13.5. The Kier molecular flexibility index (Phi) is 4.72. The Labute approximate surface area is 137 Å². The van der Waals surface area contributed by atoms with Crippen LogP contribution in [0.5, 0.6) is 0 Å². The Morgan fingerprint density at radius 2 is 2.13 bits per heavy atom. The molecule has 2 heterocycles. The molecule has 0 fully saturated rings. The van der Waals surface area contributed by atoms with Gasteiger partial charge in [0.05, 0.1) is 5.69 Å². The lowest BCUT2D eigenvalue weighted by atomic mass is 10.1. The van der Waals surface area contributed by atoms with Gasteiger partial charge in [0.25, 0.3) is 0 Å². The summed E-state index contributed by atoms with van der Waals surface area (Å²) in [5.41, 5.74) is 3.22. The lowest BCUT2D eigenvalue weighted by molar-refractivity contribution is -0.116. The lowest BCUT2D eigenvalue weighted by Crippen LogP contribution is -2.19. The van der Waals surface area contributed by atoms with Crippen molar-refractivity contribution in [2.24, 2.45) is 0 Å². The Bertz CT molecular complexity index is 766. The first-order chi connectivity index (χ1) is 11.2. The molecule has 118 valence electrons. The number of thiazole rings is 1. The van der Waals surface area contributed by atoms with E-state index in [9.17, 15) is 4.79 Å². The highest BCUT2D eigenvalue weighted by Gasteiger charge is 2.09. The first kappa shape index (κ1) is 15.3. The van der Waals surface area contributed by atoms with E-state index in [1.165, 1.54) is 27.9 Å². The monoisotopic (exact) mass is 328 g/mol. The zero-order valence-electron chi connectivity index (χ0n) is 12.6. The third-order valence-electron chi connectivity index (χ3n) is 3.24. The van der Waals surface area contributed by atoms with Crippen molar-refractivity contribution >= 4 is 22.4 Å². The number of carbonyl (C=O) groups excluding carboxylic acids is 1. The van der Waals surface area contributed by atoms with E-state index in [1.807, 2.05) is 5.38 Å². The van der Waals surface area contributed by atoms with Gasteiger partial charge in [-0.15, -0.1) is 16.4 Å². The molecule has 3 rings (SSSR count). The Morgan fingerprint density at radius 3 is 2.83 bits per heavy atom. The number of amides is 1. The Balaban J connectivity index is 1.64. The van der Waals surface area contributed by atoms with Gasteiger partial charge >= 0.3 is 0 Å². The first-order valence-electron chi connectivity index (χ1n) is 7.30. The highest BCUT2D eigenvalue weighted by Crippen LogP contribution is 2.25. The van der Waals surface area contributed by atoms with E-state index >= 15 is 0 Å². The van der Waals surface area contributed by atoms with Crippen molar-refractivity contribution in [2.45, 2.75) is 26.3 Å². The topological polar surface area (TPSA) is 85.6 Å². The van der Waals surface area contributed by atoms with E-state index in [0.717, 1.165) is 24.1 Å². The van der Waals surface area contributed by atoms with Crippen LogP contribution >= 0.6 is 11.3 Å². The van der Waals surface area contributed by atoms with Crippen LogP contribution < -0.4 is 5.32 Å². The number of hydrogen-bond donors (Lipinski definition) is 1. The number of carbonyl (C=O) groups is 1. The SMILES string of the molecule is CCCc1ccc(-c2csc(NC(=O)Cn3cnnn3)n2)cc1. The van der Waals surface area contributed by atoms with Crippen molar-refractivity contribution in [2.75, 3.05) is 5.32 Å². The fourth-order valence-electron chi connectivity index (χ4n) is 2.15. The molecule has 2 aromatic heterocycles. The van der Waals surface area contributed by atoms with Crippen molar-refractivity contribution in [3.8, 4) is 11.3 Å². The van der Waals surface area contributed by atoms with Crippen LogP contribution in [0.2, 0.25) is 0 Å². The maximum Gasteiger partial charge on any atom is 0.248 e. The van der Waals surface area contributed by atoms with E-state index < -0.39 is 0 Å². The van der Waals surface area contributed by atoms with Crippen LogP contribution in [-0.2, 0) is 17.8 Å². The highest BCUT2D eigenvalue weighted by molar-refractivity contribution is 7.14. The van der Waals surface area contributed by atoms with Gasteiger partial charge in [-0.3, -0.25) is 4.79 Å². The number of nitrogens with one attached hydrogen (secondary N) is 1. The smallest absolute Gasteiger partial charge is 0.248 e. The predicted molar refractivity (Wildman–Crippen MR) is 88.0 cm³/mol. The molecule has 0 atom stereocenters. The first-order valence-corrected chi connectivity index (χ1v) is 8.18. The maximum atomic E-state index is 11.9. The van der Waals surface area contributed by atoms with Gasteiger partial charge in [0, 0.05) is 10.9 Å². The molecular formula is C15H16N6OS. The molecule has 1 aromatic carbocycles. The van der Waals surface area contributed by atoms with Gasteiger partial charge in [0.1, 0.15) is 12.9 Å². The number of hydrogen-bond acceptors (Lipinski definition) is 6. The third kappa shape index (κ3) is 3.98. The number of anilines is 1. The normalized spacial score (nSPS) is 10.7. The quantitative estimate of drug-likeness (QED) is 0.751. The lowest BCUT2D eigenvalue weighted by Gasteiger charge is -2.01. The largest absolute Gasteiger partial charge is 0.300 e. The second kappa shape index (κ2) is 7.10. The molecular weight excluding hydrogens is 312 g/mol. The van der Waals surface area contributed by atoms with Crippen LogP contribution in [-0.4, -0.2) is 31.1 Å². The van der Waals surface area contributed by atoms with Crippen LogP contribution in [0.25, 0.3) is 11.3 Å².